The van der Waals surface area contributed by atoms with E-state index in [2.05, 4.69) is 5.32 Å². The van der Waals surface area contributed by atoms with Gasteiger partial charge in [0.2, 0.25) is 0 Å². The lowest BCUT2D eigenvalue weighted by Crippen LogP contribution is -2.33. The van der Waals surface area contributed by atoms with Crippen molar-refractivity contribution in [1.29, 1.82) is 0 Å². The van der Waals surface area contributed by atoms with E-state index in [0.29, 0.717) is 16.5 Å². The maximum Gasteiger partial charge on any atom is 0.179 e. The largest absolute Gasteiger partial charge is 0.461 e. The SMILES string of the molecule is CCNC(C)C(=O)c1ccc2c(F)coc2c1. The van der Waals surface area contributed by atoms with Crippen molar-refractivity contribution in [2.24, 2.45) is 0 Å². The number of halogens is 1. The molecule has 0 saturated heterocycles. The first kappa shape index (κ1) is 11.8. The minimum Gasteiger partial charge on any atom is -0.461 e. The molecule has 0 fully saturated rings. The molecule has 90 valence electrons. The molecule has 1 aromatic heterocycles. The molecule has 1 atom stereocenters. The number of fused-ring (bicyclic) bond motifs is 1. The van der Waals surface area contributed by atoms with Crippen molar-refractivity contribution in [2.45, 2.75) is 19.9 Å². The third kappa shape index (κ3) is 2.22. The third-order valence-corrected chi connectivity index (χ3v) is 2.72. The maximum absolute atomic E-state index is 13.2. The minimum absolute atomic E-state index is 0.0226. The topological polar surface area (TPSA) is 42.2 Å². The van der Waals surface area contributed by atoms with Gasteiger partial charge in [0.15, 0.2) is 11.6 Å². The van der Waals surface area contributed by atoms with Gasteiger partial charge in [0.25, 0.3) is 0 Å². The molecule has 2 rings (SSSR count). The van der Waals surface area contributed by atoms with Crippen molar-refractivity contribution in [3.8, 4) is 0 Å². The fraction of sp³-hybridized carbons (Fsp3) is 0.308. The maximum atomic E-state index is 13.2. The van der Waals surface area contributed by atoms with Crippen LogP contribution in [0.2, 0.25) is 0 Å². The fourth-order valence-corrected chi connectivity index (χ4v) is 1.80. The Labute approximate surface area is 98.6 Å². The van der Waals surface area contributed by atoms with E-state index in [1.165, 1.54) is 0 Å². The number of likely N-dealkylation sites (N-methyl/N-ethyl adjacent to an activating group) is 1. The van der Waals surface area contributed by atoms with Crippen LogP contribution in [0.25, 0.3) is 11.0 Å². The minimum atomic E-state index is -0.404. The molecule has 0 amide bonds. The Kier molecular flexibility index (Phi) is 3.24. The molecule has 0 saturated carbocycles. The van der Waals surface area contributed by atoms with Gasteiger partial charge in [0.05, 0.1) is 11.4 Å². The predicted molar refractivity (Wildman–Crippen MR) is 63.6 cm³/mol. The van der Waals surface area contributed by atoms with Gasteiger partial charge in [-0.2, -0.15) is 0 Å². The van der Waals surface area contributed by atoms with E-state index in [4.69, 9.17) is 4.42 Å². The van der Waals surface area contributed by atoms with Gasteiger partial charge in [-0.25, -0.2) is 4.39 Å². The summed E-state index contributed by atoms with van der Waals surface area (Å²) in [7, 11) is 0. The molecular formula is C13H14FNO2. The standard InChI is InChI=1S/C13H14FNO2/c1-3-15-8(2)13(16)9-4-5-10-11(14)7-17-12(10)6-9/h4-8,15H,3H2,1-2H3. The molecule has 17 heavy (non-hydrogen) atoms. The molecule has 0 aliphatic heterocycles. The highest BCUT2D eigenvalue weighted by molar-refractivity contribution is 6.02. The number of ketones is 1. The summed E-state index contributed by atoms with van der Waals surface area (Å²) in [5.41, 5.74) is 0.928. The fourth-order valence-electron chi connectivity index (χ4n) is 1.80. The third-order valence-electron chi connectivity index (χ3n) is 2.72. The van der Waals surface area contributed by atoms with Gasteiger partial charge in [-0.1, -0.05) is 13.0 Å². The number of rotatable bonds is 4. The zero-order valence-corrected chi connectivity index (χ0v) is 9.79. The molecule has 1 aromatic carbocycles. The Balaban J connectivity index is 2.33. The van der Waals surface area contributed by atoms with Gasteiger partial charge in [0, 0.05) is 5.56 Å². The van der Waals surface area contributed by atoms with Crippen LogP contribution in [0.5, 0.6) is 0 Å². The number of carbonyl (C=O) groups is 1. The number of carbonyl (C=O) groups excluding carboxylic acids is 1. The Hall–Kier alpha value is -1.68. The smallest absolute Gasteiger partial charge is 0.179 e. The molecule has 0 aliphatic carbocycles. The highest BCUT2D eigenvalue weighted by atomic mass is 19.1. The van der Waals surface area contributed by atoms with E-state index in [0.717, 1.165) is 12.8 Å². The molecule has 0 radical (unpaired) electrons. The molecule has 2 aromatic rings. The van der Waals surface area contributed by atoms with Crippen molar-refractivity contribution < 1.29 is 13.6 Å². The zero-order valence-electron chi connectivity index (χ0n) is 9.79. The van der Waals surface area contributed by atoms with Crippen LogP contribution in [0.1, 0.15) is 24.2 Å². The van der Waals surface area contributed by atoms with Crippen LogP contribution >= 0.6 is 0 Å². The number of nitrogens with one attached hydrogen (secondary N) is 1. The van der Waals surface area contributed by atoms with E-state index in [1.54, 1.807) is 25.1 Å². The number of hydrogen-bond acceptors (Lipinski definition) is 3. The molecule has 4 heteroatoms. The van der Waals surface area contributed by atoms with Gasteiger partial charge < -0.3 is 9.73 Å². The van der Waals surface area contributed by atoms with Crippen LogP contribution in [-0.2, 0) is 0 Å². The Morgan fingerprint density at radius 2 is 2.29 bits per heavy atom. The van der Waals surface area contributed by atoms with Crippen LogP contribution in [-0.4, -0.2) is 18.4 Å². The molecule has 0 spiro atoms. The van der Waals surface area contributed by atoms with Gasteiger partial charge >= 0.3 is 0 Å². The monoisotopic (exact) mass is 235 g/mol. The summed E-state index contributed by atoms with van der Waals surface area (Å²) >= 11 is 0. The molecule has 1 N–H and O–H groups in total. The van der Waals surface area contributed by atoms with Crippen molar-refractivity contribution >= 4 is 16.8 Å². The average Bonchev–Trinajstić information content (AvgIpc) is 2.70. The number of benzene rings is 1. The average molecular weight is 235 g/mol. The van der Waals surface area contributed by atoms with Crippen LogP contribution in [0.4, 0.5) is 4.39 Å². The summed E-state index contributed by atoms with van der Waals surface area (Å²) in [4.78, 5) is 12.0. The van der Waals surface area contributed by atoms with E-state index >= 15 is 0 Å². The highest BCUT2D eigenvalue weighted by Crippen LogP contribution is 2.21. The second-order valence-corrected chi connectivity index (χ2v) is 3.94. The van der Waals surface area contributed by atoms with Crippen molar-refractivity contribution in [1.82, 2.24) is 5.32 Å². The van der Waals surface area contributed by atoms with Crippen molar-refractivity contribution in [3.05, 3.63) is 35.8 Å². The van der Waals surface area contributed by atoms with Gasteiger partial charge in [-0.15, -0.1) is 0 Å². The Morgan fingerprint density at radius 1 is 1.53 bits per heavy atom. The summed E-state index contributed by atoms with van der Waals surface area (Å²) in [5, 5.41) is 3.44. The molecule has 3 nitrogen and oxygen atoms in total. The molecule has 1 unspecified atom stereocenters. The second kappa shape index (κ2) is 4.67. The highest BCUT2D eigenvalue weighted by Gasteiger charge is 2.15. The molecular weight excluding hydrogens is 221 g/mol. The van der Waals surface area contributed by atoms with Crippen LogP contribution in [0.3, 0.4) is 0 Å². The zero-order chi connectivity index (χ0) is 12.4. The van der Waals surface area contributed by atoms with E-state index in [-0.39, 0.29) is 11.8 Å². The summed E-state index contributed by atoms with van der Waals surface area (Å²) in [5.74, 6) is -0.427. The van der Waals surface area contributed by atoms with Crippen molar-refractivity contribution in [2.75, 3.05) is 6.54 Å². The summed E-state index contributed by atoms with van der Waals surface area (Å²) in [6, 6.07) is 4.52. The molecule has 1 heterocycles. The molecule has 0 bridgehead atoms. The lowest BCUT2D eigenvalue weighted by Gasteiger charge is -2.10. The predicted octanol–water partition coefficient (Wildman–Crippen LogP) is 2.75. The van der Waals surface area contributed by atoms with Crippen LogP contribution in [0, 0.1) is 5.82 Å². The summed E-state index contributed by atoms with van der Waals surface area (Å²) in [6.07, 6.45) is 1.05. The Morgan fingerprint density at radius 3 is 3.00 bits per heavy atom. The first-order valence-electron chi connectivity index (χ1n) is 5.58. The second-order valence-electron chi connectivity index (χ2n) is 3.94. The van der Waals surface area contributed by atoms with Crippen LogP contribution < -0.4 is 5.32 Å². The van der Waals surface area contributed by atoms with Crippen molar-refractivity contribution in [3.63, 3.8) is 0 Å². The summed E-state index contributed by atoms with van der Waals surface area (Å²) in [6.45, 7) is 4.47. The number of Topliss-reactive ketones (excluding diaryl/α,β-unsaturated/α-hetero) is 1. The summed E-state index contributed by atoms with van der Waals surface area (Å²) < 4.78 is 18.2. The van der Waals surface area contributed by atoms with E-state index < -0.39 is 5.82 Å². The first-order chi connectivity index (χ1) is 8.13. The van der Waals surface area contributed by atoms with Gasteiger partial charge in [0.1, 0.15) is 11.8 Å². The lowest BCUT2D eigenvalue weighted by molar-refractivity contribution is 0.0952. The number of hydrogen-bond donors (Lipinski definition) is 1. The molecule has 0 aliphatic rings. The van der Waals surface area contributed by atoms with Gasteiger partial charge in [-0.3, -0.25) is 4.79 Å². The van der Waals surface area contributed by atoms with E-state index in [1.807, 2.05) is 6.92 Å². The number of furan rings is 1. The van der Waals surface area contributed by atoms with Crippen LogP contribution in [0.15, 0.2) is 28.9 Å². The normalized spacial score (nSPS) is 12.9. The van der Waals surface area contributed by atoms with Gasteiger partial charge in [-0.05, 0) is 25.6 Å². The first-order valence-corrected chi connectivity index (χ1v) is 5.58. The Bertz CT molecular complexity index is 547. The lowest BCUT2D eigenvalue weighted by atomic mass is 10.0. The van der Waals surface area contributed by atoms with E-state index in [9.17, 15) is 9.18 Å². The quantitative estimate of drug-likeness (QED) is 0.828.